The molecule has 27 heavy (non-hydrogen) atoms. The van der Waals surface area contributed by atoms with Crippen molar-refractivity contribution in [1.82, 2.24) is 10.1 Å². The Morgan fingerprint density at radius 1 is 1.41 bits per heavy atom. The topological polar surface area (TPSA) is 69.9 Å². The first-order valence-corrected chi connectivity index (χ1v) is 10.2. The lowest BCUT2D eigenvalue weighted by Crippen LogP contribution is -2.60. The number of hydrogen-bond donors (Lipinski definition) is 1. The van der Waals surface area contributed by atoms with Gasteiger partial charge in [-0.15, -0.1) is 17.9 Å². The third-order valence-electron chi connectivity index (χ3n) is 4.23. The molecule has 1 aromatic carbocycles. The van der Waals surface area contributed by atoms with Crippen molar-refractivity contribution in [2.45, 2.75) is 18.2 Å². The number of amides is 1. The van der Waals surface area contributed by atoms with E-state index >= 15 is 0 Å². The van der Waals surface area contributed by atoms with Gasteiger partial charge >= 0.3 is 17.4 Å². The van der Waals surface area contributed by atoms with E-state index < -0.39 is 6.17 Å². The molecule has 0 aliphatic carbocycles. The highest BCUT2D eigenvalue weighted by atomic mass is 32.2. The van der Waals surface area contributed by atoms with Crippen LogP contribution in [-0.2, 0) is 4.79 Å². The quantitative estimate of drug-likeness (QED) is 0.417. The predicted octanol–water partition coefficient (Wildman–Crippen LogP) is 2.98. The van der Waals surface area contributed by atoms with Crippen molar-refractivity contribution in [3.8, 4) is 11.3 Å². The second kappa shape index (κ2) is 7.13. The molecule has 1 aliphatic rings. The second-order valence-corrected chi connectivity index (χ2v) is 7.94. The molecule has 0 radical (unpaired) electrons. The molecule has 1 aliphatic heterocycles. The van der Waals surface area contributed by atoms with Gasteiger partial charge < -0.3 is 0 Å². The summed E-state index contributed by atoms with van der Waals surface area (Å²) in [7, 11) is 0. The first kappa shape index (κ1) is 17.7. The molecule has 3 heterocycles. The largest absolute Gasteiger partial charge is 0.325 e. The van der Waals surface area contributed by atoms with Gasteiger partial charge in [-0.2, -0.15) is 0 Å². The molecule has 0 saturated heterocycles. The molecule has 8 heteroatoms. The molecule has 3 aromatic rings. The molecular weight excluding hydrogens is 380 g/mol. The van der Waals surface area contributed by atoms with Gasteiger partial charge in [0.1, 0.15) is 0 Å². The van der Waals surface area contributed by atoms with Crippen LogP contribution in [0.15, 0.2) is 64.4 Å². The fourth-order valence-corrected chi connectivity index (χ4v) is 4.60. The van der Waals surface area contributed by atoms with E-state index in [4.69, 9.17) is 0 Å². The molecule has 1 amide bonds. The van der Waals surface area contributed by atoms with Crippen LogP contribution in [0.25, 0.3) is 11.3 Å². The summed E-state index contributed by atoms with van der Waals surface area (Å²) in [5, 5.41) is 7.12. The number of aromatic amines is 1. The van der Waals surface area contributed by atoms with E-state index in [9.17, 15) is 9.59 Å². The summed E-state index contributed by atoms with van der Waals surface area (Å²) in [4.78, 5) is 31.0. The summed E-state index contributed by atoms with van der Waals surface area (Å²) in [5.41, 5.74) is 1.62. The first-order valence-electron chi connectivity index (χ1n) is 8.34. The van der Waals surface area contributed by atoms with Gasteiger partial charge in [-0.05, 0) is 28.3 Å². The number of thioether (sulfide) groups is 1. The molecule has 1 N–H and O–H groups in total. The van der Waals surface area contributed by atoms with Crippen LogP contribution in [0.2, 0.25) is 0 Å². The molecule has 0 unspecified atom stereocenters. The van der Waals surface area contributed by atoms with Crippen molar-refractivity contribution in [3.63, 3.8) is 0 Å². The average Bonchev–Trinajstić information content (AvgIpc) is 3.19. The molecule has 1 atom stereocenters. The van der Waals surface area contributed by atoms with Crippen LogP contribution in [0.5, 0.6) is 0 Å². The molecule has 136 valence electrons. The van der Waals surface area contributed by atoms with Gasteiger partial charge in [-0.25, -0.2) is 4.90 Å². The monoisotopic (exact) mass is 397 g/mol. The lowest BCUT2D eigenvalue weighted by molar-refractivity contribution is -0.762. The van der Waals surface area contributed by atoms with Crippen molar-refractivity contribution in [2.24, 2.45) is 0 Å². The number of para-hydroxylation sites is 1. The summed E-state index contributed by atoms with van der Waals surface area (Å²) in [6.45, 7) is 5.24. The van der Waals surface area contributed by atoms with Gasteiger partial charge in [-0.3, -0.25) is 14.6 Å². The first-order chi connectivity index (χ1) is 13.1. The van der Waals surface area contributed by atoms with Gasteiger partial charge in [0, 0.05) is 17.8 Å². The van der Waals surface area contributed by atoms with Gasteiger partial charge in [0.2, 0.25) is 11.1 Å². The van der Waals surface area contributed by atoms with E-state index in [1.165, 1.54) is 30.0 Å². The fraction of sp³-hybridized carbons (Fsp3) is 0.158. The van der Waals surface area contributed by atoms with Crippen LogP contribution in [0.3, 0.4) is 0 Å². The van der Waals surface area contributed by atoms with Crippen LogP contribution in [0.4, 0.5) is 5.69 Å². The van der Waals surface area contributed by atoms with Crippen molar-refractivity contribution in [2.75, 3.05) is 10.7 Å². The number of aromatic nitrogens is 3. The van der Waals surface area contributed by atoms with E-state index in [0.717, 1.165) is 4.88 Å². The number of nitrogens with one attached hydrogen (secondary N) is 1. The number of H-pyrrole nitrogens is 1. The Bertz CT molecular complexity index is 1080. The van der Waals surface area contributed by atoms with E-state index in [-0.39, 0.29) is 11.5 Å². The summed E-state index contributed by atoms with van der Waals surface area (Å²) < 4.78 is 1.67. The number of fused-ring (bicyclic) bond motifs is 3. The highest BCUT2D eigenvalue weighted by Crippen LogP contribution is 2.38. The van der Waals surface area contributed by atoms with E-state index in [0.29, 0.717) is 27.9 Å². The van der Waals surface area contributed by atoms with E-state index in [2.05, 4.69) is 16.7 Å². The zero-order valence-electron chi connectivity index (χ0n) is 14.6. The Kier molecular flexibility index (Phi) is 4.67. The lowest BCUT2D eigenvalue weighted by Gasteiger charge is -2.30. The van der Waals surface area contributed by atoms with Crippen LogP contribution in [0, 0.1) is 0 Å². The van der Waals surface area contributed by atoms with Gasteiger partial charge in [-0.1, -0.05) is 36.0 Å². The lowest BCUT2D eigenvalue weighted by atomic mass is 10.0. The Morgan fingerprint density at radius 3 is 2.93 bits per heavy atom. The molecule has 0 bridgehead atoms. The summed E-state index contributed by atoms with van der Waals surface area (Å²) in [5.74, 6) is 0.514. The van der Waals surface area contributed by atoms with Gasteiger partial charge in [0.25, 0.3) is 0 Å². The molecule has 2 aromatic heterocycles. The zero-order valence-corrected chi connectivity index (χ0v) is 16.2. The third-order valence-corrected chi connectivity index (χ3v) is 6.00. The minimum Gasteiger partial charge on any atom is -0.291 e. The minimum absolute atomic E-state index is 0.110. The SMILES string of the molecule is C=CCSc1n[n+]2c(c(=O)[nH]1)-c1ccccc1N(C(C)=O)[C@H]2c1cccs1. The number of rotatable bonds is 4. The third kappa shape index (κ3) is 3.00. The maximum atomic E-state index is 12.9. The summed E-state index contributed by atoms with van der Waals surface area (Å²) >= 11 is 2.92. The molecule has 0 saturated carbocycles. The molecule has 6 nitrogen and oxygen atoms in total. The minimum atomic E-state index is -0.502. The summed E-state index contributed by atoms with van der Waals surface area (Å²) in [6.07, 6.45) is 1.25. The number of carbonyl (C=O) groups is 1. The van der Waals surface area contributed by atoms with Crippen LogP contribution >= 0.6 is 23.1 Å². The number of benzene rings is 1. The maximum absolute atomic E-state index is 12.9. The van der Waals surface area contributed by atoms with E-state index in [1.54, 1.807) is 15.7 Å². The molecule has 0 fully saturated rings. The molecular formula is C19H17N4O2S2+. The number of carbonyl (C=O) groups excluding carboxylic acids is 1. The number of nitrogens with zero attached hydrogens (tertiary/aromatic N) is 3. The van der Waals surface area contributed by atoms with Gasteiger partial charge in [0.15, 0.2) is 0 Å². The number of hydrogen-bond acceptors (Lipinski definition) is 5. The average molecular weight is 398 g/mol. The predicted molar refractivity (Wildman–Crippen MR) is 107 cm³/mol. The standard InChI is InChI=1S/C19H16N4O2S2/c1-3-10-27-19-20-17(25)16-13-7-4-5-8-14(13)22(12(2)24)18(23(16)21-19)15-9-6-11-26-15/h3-9,11,18H,1,10H2,2H3/p+1/t18-/m1/s1. The highest BCUT2D eigenvalue weighted by Gasteiger charge is 2.45. The highest BCUT2D eigenvalue weighted by molar-refractivity contribution is 7.99. The van der Waals surface area contributed by atoms with Crippen LogP contribution < -0.4 is 15.1 Å². The Hall–Kier alpha value is -2.71. The van der Waals surface area contributed by atoms with Crippen LogP contribution in [-0.4, -0.2) is 21.7 Å². The zero-order chi connectivity index (χ0) is 19.0. The Labute approximate surface area is 164 Å². The maximum Gasteiger partial charge on any atom is 0.325 e. The van der Waals surface area contributed by atoms with Crippen LogP contribution in [0.1, 0.15) is 18.0 Å². The normalized spacial score (nSPS) is 15.1. The summed E-state index contributed by atoms with van der Waals surface area (Å²) in [6, 6.07) is 11.3. The molecule has 4 rings (SSSR count). The van der Waals surface area contributed by atoms with Crippen molar-refractivity contribution in [3.05, 3.63) is 69.7 Å². The second-order valence-electron chi connectivity index (χ2n) is 5.95. The number of thiophene rings is 1. The van der Waals surface area contributed by atoms with E-state index in [1.807, 2.05) is 41.8 Å². The number of anilines is 1. The van der Waals surface area contributed by atoms with Crippen molar-refractivity contribution >= 4 is 34.7 Å². The smallest absolute Gasteiger partial charge is 0.291 e. The van der Waals surface area contributed by atoms with Gasteiger partial charge in [0.05, 0.1) is 16.1 Å². The Morgan fingerprint density at radius 2 is 2.22 bits per heavy atom. The fourth-order valence-electron chi connectivity index (χ4n) is 3.21. The molecule has 0 spiro atoms. The van der Waals surface area contributed by atoms with Crippen molar-refractivity contribution < 1.29 is 9.48 Å². The van der Waals surface area contributed by atoms with Crippen molar-refractivity contribution in [1.29, 1.82) is 0 Å². The Balaban J connectivity index is 2.03.